The maximum absolute atomic E-state index is 5.92. The van der Waals surface area contributed by atoms with Gasteiger partial charge in [0.25, 0.3) is 0 Å². The second-order valence-corrected chi connectivity index (χ2v) is 5.52. The van der Waals surface area contributed by atoms with Crippen LogP contribution in [0.15, 0.2) is 30.3 Å². The zero-order valence-electron chi connectivity index (χ0n) is 7.72. The van der Waals surface area contributed by atoms with E-state index in [1.54, 1.807) is 0 Å². The third-order valence-corrected chi connectivity index (χ3v) is 2.88. The first kappa shape index (κ1) is 12.2. The minimum absolute atomic E-state index is 0.0776. The van der Waals surface area contributed by atoms with E-state index >= 15 is 0 Å². The fraction of sp³-hybridized carbons (Fsp3) is 0.364. The summed E-state index contributed by atoms with van der Waals surface area (Å²) in [5.41, 5.74) is 1.05. The van der Waals surface area contributed by atoms with Crippen molar-refractivity contribution in [2.24, 2.45) is 0 Å². The van der Waals surface area contributed by atoms with Gasteiger partial charge in [0.2, 0.25) is 0 Å². The lowest BCUT2D eigenvalue weighted by atomic mass is 9.96. The molecule has 0 heterocycles. The van der Waals surface area contributed by atoms with E-state index < -0.39 is 3.79 Å². The Bertz CT molecular complexity index is 264. The van der Waals surface area contributed by atoms with Gasteiger partial charge in [0.1, 0.15) is 0 Å². The summed E-state index contributed by atoms with van der Waals surface area (Å²) in [6, 6.07) is 9.79. The first-order chi connectivity index (χ1) is 6.55. The van der Waals surface area contributed by atoms with E-state index in [2.05, 4.69) is 6.92 Å². The van der Waals surface area contributed by atoms with Crippen LogP contribution in [-0.4, -0.2) is 3.79 Å². The van der Waals surface area contributed by atoms with E-state index in [-0.39, 0.29) is 5.92 Å². The SMILES string of the molecule is [CH2]CCC(c1ccccc1)C(Cl)(Cl)Cl. The Morgan fingerprint density at radius 1 is 1.14 bits per heavy atom. The van der Waals surface area contributed by atoms with Crippen LogP contribution in [0.4, 0.5) is 0 Å². The van der Waals surface area contributed by atoms with E-state index in [1.165, 1.54) is 0 Å². The number of benzene rings is 1. The van der Waals surface area contributed by atoms with Crippen molar-refractivity contribution < 1.29 is 0 Å². The van der Waals surface area contributed by atoms with Crippen LogP contribution in [0.5, 0.6) is 0 Å². The quantitative estimate of drug-likeness (QED) is 0.679. The molecule has 0 amide bonds. The van der Waals surface area contributed by atoms with E-state index in [1.807, 2.05) is 30.3 Å². The highest BCUT2D eigenvalue weighted by Crippen LogP contribution is 2.43. The average molecular weight is 251 g/mol. The molecule has 1 atom stereocenters. The van der Waals surface area contributed by atoms with Crippen molar-refractivity contribution in [3.05, 3.63) is 42.8 Å². The Hall–Kier alpha value is 0.0900. The molecule has 1 radical (unpaired) electrons. The van der Waals surface area contributed by atoms with Gasteiger partial charge in [0.05, 0.1) is 0 Å². The van der Waals surface area contributed by atoms with Gasteiger partial charge in [-0.1, -0.05) is 78.5 Å². The van der Waals surface area contributed by atoms with E-state index in [0.29, 0.717) is 0 Å². The van der Waals surface area contributed by atoms with Gasteiger partial charge in [0.15, 0.2) is 3.79 Å². The molecule has 0 aromatic heterocycles. The second kappa shape index (κ2) is 5.25. The topological polar surface area (TPSA) is 0 Å². The van der Waals surface area contributed by atoms with Crippen LogP contribution in [0, 0.1) is 6.92 Å². The molecule has 3 heteroatoms. The maximum atomic E-state index is 5.92. The molecule has 0 aliphatic carbocycles. The summed E-state index contributed by atoms with van der Waals surface area (Å²) in [4.78, 5) is 0. The molecule has 0 bridgehead atoms. The van der Waals surface area contributed by atoms with Gasteiger partial charge in [0, 0.05) is 5.92 Å². The predicted octanol–water partition coefficient (Wildman–Crippen LogP) is 4.75. The normalized spacial score (nSPS) is 14.0. The van der Waals surface area contributed by atoms with Crippen molar-refractivity contribution in [3.63, 3.8) is 0 Å². The summed E-state index contributed by atoms with van der Waals surface area (Å²) in [5.74, 6) is -0.0776. The van der Waals surface area contributed by atoms with Crippen LogP contribution < -0.4 is 0 Å². The first-order valence-electron chi connectivity index (χ1n) is 4.46. The highest BCUT2D eigenvalue weighted by molar-refractivity contribution is 6.68. The minimum Gasteiger partial charge on any atom is -0.0830 e. The molecule has 1 aromatic carbocycles. The zero-order valence-corrected chi connectivity index (χ0v) is 9.99. The van der Waals surface area contributed by atoms with Gasteiger partial charge in [-0.15, -0.1) is 0 Å². The Labute approximate surface area is 100 Å². The lowest BCUT2D eigenvalue weighted by Gasteiger charge is -2.24. The fourth-order valence-corrected chi connectivity index (χ4v) is 2.11. The minimum atomic E-state index is -1.25. The smallest absolute Gasteiger partial charge is 0.0830 e. The summed E-state index contributed by atoms with van der Waals surface area (Å²) in [6.45, 7) is 3.79. The number of alkyl halides is 3. The lowest BCUT2D eigenvalue weighted by molar-refractivity contribution is 0.644. The molecule has 1 unspecified atom stereocenters. The number of halogens is 3. The molecule has 0 aliphatic heterocycles. The van der Waals surface area contributed by atoms with E-state index in [4.69, 9.17) is 34.8 Å². The van der Waals surface area contributed by atoms with Gasteiger partial charge in [-0.05, 0) is 12.0 Å². The summed E-state index contributed by atoms with van der Waals surface area (Å²) in [7, 11) is 0. The zero-order chi connectivity index (χ0) is 10.6. The molecule has 1 aromatic rings. The average Bonchev–Trinajstić information content (AvgIpc) is 2.14. The second-order valence-electron chi connectivity index (χ2n) is 3.15. The van der Waals surface area contributed by atoms with Crippen LogP contribution >= 0.6 is 34.8 Å². The molecule has 0 aliphatic rings. The van der Waals surface area contributed by atoms with Gasteiger partial charge < -0.3 is 0 Å². The van der Waals surface area contributed by atoms with Crippen molar-refractivity contribution in [2.75, 3.05) is 0 Å². The van der Waals surface area contributed by atoms with Gasteiger partial charge in [-0.25, -0.2) is 0 Å². The lowest BCUT2D eigenvalue weighted by Crippen LogP contribution is -2.16. The first-order valence-corrected chi connectivity index (χ1v) is 5.60. The maximum Gasteiger partial charge on any atom is 0.197 e. The summed E-state index contributed by atoms with van der Waals surface area (Å²) < 4.78 is -1.25. The molecule has 0 spiro atoms. The largest absolute Gasteiger partial charge is 0.197 e. The summed E-state index contributed by atoms with van der Waals surface area (Å²) in [6.07, 6.45) is 1.54. The third kappa shape index (κ3) is 3.34. The van der Waals surface area contributed by atoms with Crippen LogP contribution in [0.25, 0.3) is 0 Å². The van der Waals surface area contributed by atoms with E-state index in [0.717, 1.165) is 18.4 Å². The van der Waals surface area contributed by atoms with Crippen LogP contribution in [0.3, 0.4) is 0 Å². The van der Waals surface area contributed by atoms with Crippen molar-refractivity contribution in [3.8, 4) is 0 Å². The molecule has 0 nitrogen and oxygen atoms in total. The van der Waals surface area contributed by atoms with E-state index in [9.17, 15) is 0 Å². The number of rotatable bonds is 3. The van der Waals surface area contributed by atoms with Crippen molar-refractivity contribution in [2.45, 2.75) is 22.6 Å². The molecule has 14 heavy (non-hydrogen) atoms. The number of hydrogen-bond donors (Lipinski definition) is 0. The highest BCUT2D eigenvalue weighted by Gasteiger charge is 2.32. The molecule has 77 valence electrons. The van der Waals surface area contributed by atoms with Gasteiger partial charge in [-0.3, -0.25) is 0 Å². The van der Waals surface area contributed by atoms with Crippen molar-refractivity contribution in [1.82, 2.24) is 0 Å². The Morgan fingerprint density at radius 2 is 1.71 bits per heavy atom. The Kier molecular flexibility index (Phi) is 4.56. The van der Waals surface area contributed by atoms with Crippen molar-refractivity contribution >= 4 is 34.8 Å². The molecule has 0 fully saturated rings. The highest BCUT2D eigenvalue weighted by atomic mass is 35.6. The molecule has 0 saturated heterocycles. The molecule has 1 rings (SSSR count). The van der Waals surface area contributed by atoms with Crippen molar-refractivity contribution in [1.29, 1.82) is 0 Å². The van der Waals surface area contributed by atoms with Crippen LogP contribution in [-0.2, 0) is 0 Å². The van der Waals surface area contributed by atoms with Crippen LogP contribution in [0.1, 0.15) is 24.3 Å². The standard InChI is InChI=1S/C11H12Cl3/c1-2-6-10(11(12,13)14)9-7-4-3-5-8-9/h3-5,7-8,10H,1-2,6H2. The molecule has 0 N–H and O–H groups in total. The van der Waals surface area contributed by atoms with Gasteiger partial charge >= 0.3 is 0 Å². The monoisotopic (exact) mass is 249 g/mol. The third-order valence-electron chi connectivity index (χ3n) is 2.09. The summed E-state index contributed by atoms with van der Waals surface area (Å²) >= 11 is 17.7. The Balaban J connectivity index is 2.89. The molecular weight excluding hydrogens is 238 g/mol. The number of hydrogen-bond acceptors (Lipinski definition) is 0. The van der Waals surface area contributed by atoms with Gasteiger partial charge in [-0.2, -0.15) is 0 Å². The molecule has 0 saturated carbocycles. The molecular formula is C11H12Cl3. The predicted molar refractivity (Wildman–Crippen MR) is 64.1 cm³/mol. The fourth-order valence-electron chi connectivity index (χ4n) is 1.41. The van der Waals surface area contributed by atoms with Crippen LogP contribution in [0.2, 0.25) is 0 Å². The summed E-state index contributed by atoms with van der Waals surface area (Å²) in [5, 5.41) is 0. The Morgan fingerprint density at radius 3 is 2.14 bits per heavy atom.